The Morgan fingerprint density at radius 3 is 2.65 bits per heavy atom. The number of aromatic nitrogens is 4. The lowest BCUT2D eigenvalue weighted by molar-refractivity contribution is -0.173. The molecule has 9 nitrogen and oxygen atoms in total. The van der Waals surface area contributed by atoms with Gasteiger partial charge in [-0.3, -0.25) is 14.7 Å². The highest BCUT2D eigenvalue weighted by Gasteiger charge is 2.30. The number of piperidine rings is 1. The van der Waals surface area contributed by atoms with E-state index in [1.807, 2.05) is 17.9 Å². The molecule has 11 heteroatoms. The van der Waals surface area contributed by atoms with Gasteiger partial charge < -0.3 is 4.90 Å². The van der Waals surface area contributed by atoms with Gasteiger partial charge in [0.2, 0.25) is 11.9 Å². The van der Waals surface area contributed by atoms with E-state index in [0.29, 0.717) is 48.2 Å². The van der Waals surface area contributed by atoms with Crippen molar-refractivity contribution in [2.24, 2.45) is 13.0 Å². The Bertz CT molecular complexity index is 1240. The first-order chi connectivity index (χ1) is 16.3. The number of aryl methyl sites for hydroxylation is 2. The molecule has 4 rings (SSSR count). The summed E-state index contributed by atoms with van der Waals surface area (Å²) >= 11 is 0. The molecule has 1 aliphatic heterocycles. The molecule has 1 fully saturated rings. The van der Waals surface area contributed by atoms with Crippen LogP contribution in [-0.4, -0.2) is 49.0 Å². The second-order valence-electron chi connectivity index (χ2n) is 8.28. The zero-order valence-electron chi connectivity index (χ0n) is 18.7. The van der Waals surface area contributed by atoms with Crippen molar-refractivity contribution in [3.63, 3.8) is 0 Å². The van der Waals surface area contributed by atoms with Gasteiger partial charge in [-0.15, -0.1) is 0 Å². The minimum Gasteiger partial charge on any atom is -0.341 e. The molecule has 1 aliphatic rings. The lowest BCUT2D eigenvalue weighted by atomic mass is 9.96. The van der Waals surface area contributed by atoms with Crippen LogP contribution in [0.1, 0.15) is 29.5 Å². The van der Waals surface area contributed by atoms with Crippen molar-refractivity contribution in [1.82, 2.24) is 24.8 Å². The molecular formula is C23H23F2N7O2. The van der Waals surface area contributed by atoms with Crippen molar-refractivity contribution in [2.45, 2.75) is 26.3 Å². The van der Waals surface area contributed by atoms with Crippen LogP contribution in [0, 0.1) is 35.8 Å². The molecule has 0 aliphatic carbocycles. The summed E-state index contributed by atoms with van der Waals surface area (Å²) in [6.07, 6.45) is 3.64. The average molecular weight is 467 g/mol. The van der Waals surface area contributed by atoms with Gasteiger partial charge in [-0.1, -0.05) is 0 Å². The first-order valence-corrected chi connectivity index (χ1v) is 10.7. The van der Waals surface area contributed by atoms with Crippen molar-refractivity contribution in [1.29, 1.82) is 5.26 Å². The number of anilines is 1. The number of rotatable bonds is 5. The normalized spacial score (nSPS) is 14.2. The smallest absolute Gasteiger partial charge is 0.249 e. The molecule has 0 radical (unpaired) electrons. The summed E-state index contributed by atoms with van der Waals surface area (Å²) in [7, 11) is 1.71. The van der Waals surface area contributed by atoms with Gasteiger partial charge in [0.25, 0.3) is 0 Å². The quantitative estimate of drug-likeness (QED) is 0.454. The van der Waals surface area contributed by atoms with Crippen LogP contribution < -0.4 is 4.90 Å². The molecule has 0 spiro atoms. The molecule has 34 heavy (non-hydrogen) atoms. The van der Waals surface area contributed by atoms with Gasteiger partial charge in [0.05, 0.1) is 36.3 Å². The number of carbonyl (C=O) groups excluding carboxylic acids is 1. The fourth-order valence-corrected chi connectivity index (χ4v) is 4.16. The number of nitrogens with zero attached hydrogens (tertiary/aromatic N) is 7. The molecule has 176 valence electrons. The van der Waals surface area contributed by atoms with Gasteiger partial charge in [-0.25, -0.2) is 23.8 Å². The van der Waals surface area contributed by atoms with Crippen LogP contribution in [0.5, 0.6) is 0 Å². The first-order valence-electron chi connectivity index (χ1n) is 10.7. The highest BCUT2D eigenvalue weighted by atomic mass is 19.1. The molecule has 0 unspecified atom stereocenters. The Labute approximate surface area is 194 Å². The standard InChI is InChI=1S/C23H23F2N7O2/c1-14-11-28-30(2)21(14)20-19(25)12-27-23(29-20)31-5-3-17(4-6-31)22(33)32(34)13-16-7-15(10-26)8-18(24)9-16/h7-9,11-12,17,34H,3-6,13H2,1-2H3. The maximum atomic E-state index is 14.5. The second-order valence-corrected chi connectivity index (χ2v) is 8.28. The largest absolute Gasteiger partial charge is 0.341 e. The molecule has 0 saturated carbocycles. The summed E-state index contributed by atoms with van der Waals surface area (Å²) < 4.78 is 29.7. The Balaban J connectivity index is 1.41. The maximum absolute atomic E-state index is 14.5. The zero-order valence-corrected chi connectivity index (χ0v) is 18.7. The number of hydrogen-bond donors (Lipinski definition) is 1. The molecule has 0 atom stereocenters. The number of halogens is 2. The Morgan fingerprint density at radius 2 is 2.00 bits per heavy atom. The maximum Gasteiger partial charge on any atom is 0.249 e. The summed E-state index contributed by atoms with van der Waals surface area (Å²) in [4.78, 5) is 23.1. The first kappa shape index (κ1) is 23.3. The van der Waals surface area contributed by atoms with Gasteiger partial charge in [0.15, 0.2) is 5.82 Å². The van der Waals surface area contributed by atoms with Crippen LogP contribution in [0.15, 0.2) is 30.6 Å². The number of hydrogen-bond acceptors (Lipinski definition) is 7. The Hall–Kier alpha value is -3.91. The van der Waals surface area contributed by atoms with Crippen molar-refractivity contribution < 1.29 is 18.8 Å². The molecule has 1 N–H and O–H groups in total. The molecule has 1 aromatic carbocycles. The summed E-state index contributed by atoms with van der Waals surface area (Å²) in [5.74, 6) is -1.72. The van der Waals surface area contributed by atoms with Crippen LogP contribution in [-0.2, 0) is 18.4 Å². The SMILES string of the molecule is Cc1cnn(C)c1-c1nc(N2CCC(C(=O)N(O)Cc3cc(F)cc(C#N)c3)CC2)ncc1F. The van der Waals surface area contributed by atoms with Gasteiger partial charge >= 0.3 is 0 Å². The van der Waals surface area contributed by atoms with Crippen molar-refractivity contribution in [3.8, 4) is 17.5 Å². The van der Waals surface area contributed by atoms with Crippen LogP contribution in [0.25, 0.3) is 11.4 Å². The predicted octanol–water partition coefficient (Wildman–Crippen LogP) is 2.97. The summed E-state index contributed by atoms with van der Waals surface area (Å²) in [5, 5.41) is 23.9. The number of benzene rings is 1. The number of carbonyl (C=O) groups is 1. The predicted molar refractivity (Wildman–Crippen MR) is 117 cm³/mol. The fourth-order valence-electron chi connectivity index (χ4n) is 4.16. The summed E-state index contributed by atoms with van der Waals surface area (Å²) in [6.45, 7) is 2.49. The van der Waals surface area contributed by atoms with Gasteiger partial charge in [0.1, 0.15) is 11.5 Å². The molecule has 3 heterocycles. The molecule has 1 saturated heterocycles. The highest BCUT2D eigenvalue weighted by Crippen LogP contribution is 2.27. The number of hydroxylamine groups is 2. The second kappa shape index (κ2) is 9.52. The van der Waals surface area contributed by atoms with E-state index in [1.165, 1.54) is 12.1 Å². The zero-order chi connectivity index (χ0) is 24.4. The number of amides is 1. The van der Waals surface area contributed by atoms with Crippen LogP contribution in [0.3, 0.4) is 0 Å². The van der Waals surface area contributed by atoms with Gasteiger partial charge in [0, 0.05) is 26.1 Å². The number of nitriles is 1. The Morgan fingerprint density at radius 1 is 1.26 bits per heavy atom. The minimum atomic E-state index is -0.608. The lowest BCUT2D eigenvalue weighted by Gasteiger charge is -2.32. The molecule has 3 aromatic rings. The summed E-state index contributed by atoms with van der Waals surface area (Å²) in [5.41, 5.74) is 1.96. The van der Waals surface area contributed by atoms with E-state index in [9.17, 15) is 18.8 Å². The monoisotopic (exact) mass is 467 g/mol. The topological polar surface area (TPSA) is 111 Å². The average Bonchev–Trinajstić information content (AvgIpc) is 3.16. The van der Waals surface area contributed by atoms with Crippen LogP contribution in [0.2, 0.25) is 0 Å². The Kier molecular flexibility index (Phi) is 6.51. The van der Waals surface area contributed by atoms with E-state index in [2.05, 4.69) is 15.1 Å². The summed E-state index contributed by atoms with van der Waals surface area (Å²) in [6, 6.07) is 5.53. The third kappa shape index (κ3) is 4.72. The molecule has 0 bridgehead atoms. The van der Waals surface area contributed by atoms with Crippen LogP contribution in [0.4, 0.5) is 14.7 Å². The lowest BCUT2D eigenvalue weighted by Crippen LogP contribution is -2.42. The van der Waals surface area contributed by atoms with E-state index in [0.717, 1.165) is 17.8 Å². The molecular weight excluding hydrogens is 444 g/mol. The highest BCUT2D eigenvalue weighted by molar-refractivity contribution is 5.78. The third-order valence-corrected chi connectivity index (χ3v) is 5.88. The van der Waals surface area contributed by atoms with E-state index >= 15 is 0 Å². The van der Waals surface area contributed by atoms with Gasteiger partial charge in [-0.2, -0.15) is 10.4 Å². The minimum absolute atomic E-state index is 0.115. The molecule has 1 amide bonds. The van der Waals surface area contributed by atoms with E-state index < -0.39 is 23.5 Å². The van der Waals surface area contributed by atoms with E-state index in [1.54, 1.807) is 17.9 Å². The van der Waals surface area contributed by atoms with Crippen molar-refractivity contribution in [3.05, 3.63) is 58.9 Å². The van der Waals surface area contributed by atoms with E-state index in [4.69, 9.17) is 5.26 Å². The van der Waals surface area contributed by atoms with E-state index in [-0.39, 0.29) is 17.8 Å². The third-order valence-electron chi connectivity index (χ3n) is 5.88. The van der Waals surface area contributed by atoms with Crippen molar-refractivity contribution >= 4 is 11.9 Å². The fraction of sp³-hybridized carbons (Fsp3) is 0.348. The van der Waals surface area contributed by atoms with Crippen molar-refractivity contribution in [2.75, 3.05) is 18.0 Å². The molecule has 2 aromatic heterocycles. The van der Waals surface area contributed by atoms with Crippen LogP contribution >= 0.6 is 0 Å². The van der Waals surface area contributed by atoms with Gasteiger partial charge in [-0.05, 0) is 49.1 Å².